The van der Waals surface area contributed by atoms with Gasteiger partial charge in [-0.1, -0.05) is 52.3 Å². The zero-order chi connectivity index (χ0) is 17.8. The van der Waals surface area contributed by atoms with Gasteiger partial charge in [-0.3, -0.25) is 9.78 Å². The maximum Gasteiger partial charge on any atom is 0.326 e. The average molecular weight is 399 g/mol. The fourth-order valence-corrected chi connectivity index (χ4v) is 3.06. The molecule has 3 aromatic rings. The lowest BCUT2D eigenvalue weighted by Crippen LogP contribution is -2.42. The number of carboxylic acids is 1. The lowest BCUT2D eigenvalue weighted by molar-refractivity contribution is -0.139. The second-order valence-corrected chi connectivity index (χ2v) is 6.39. The third kappa shape index (κ3) is 3.85. The van der Waals surface area contributed by atoms with Crippen LogP contribution in [0.4, 0.5) is 0 Å². The van der Waals surface area contributed by atoms with Gasteiger partial charge < -0.3 is 10.4 Å². The van der Waals surface area contributed by atoms with Crippen molar-refractivity contribution in [3.05, 3.63) is 76.4 Å². The summed E-state index contributed by atoms with van der Waals surface area (Å²) in [7, 11) is 0. The Kier molecular flexibility index (Phi) is 5.09. The van der Waals surface area contributed by atoms with Crippen LogP contribution in [0.1, 0.15) is 15.9 Å². The summed E-state index contributed by atoms with van der Waals surface area (Å²) in [5.41, 5.74) is 1.91. The van der Waals surface area contributed by atoms with E-state index in [0.29, 0.717) is 16.5 Å². The second-order valence-electron chi connectivity index (χ2n) is 5.54. The molecule has 0 unspecified atom stereocenters. The molecular formula is C19H15BrN2O3. The highest BCUT2D eigenvalue weighted by Gasteiger charge is 2.23. The van der Waals surface area contributed by atoms with Crippen LogP contribution in [0.2, 0.25) is 0 Å². The third-order valence-corrected chi connectivity index (χ3v) is 4.65. The van der Waals surface area contributed by atoms with E-state index in [-0.39, 0.29) is 6.42 Å². The van der Waals surface area contributed by atoms with Crippen LogP contribution in [0.25, 0.3) is 10.9 Å². The van der Waals surface area contributed by atoms with Gasteiger partial charge in [0.1, 0.15) is 6.04 Å². The zero-order valence-electron chi connectivity index (χ0n) is 13.1. The highest BCUT2D eigenvalue weighted by atomic mass is 79.9. The van der Waals surface area contributed by atoms with Crippen molar-refractivity contribution in [3.8, 4) is 0 Å². The SMILES string of the molecule is O=C(N[C@@H](Cc1ccccc1Br)C(=O)O)c1ccnc2ccccc12. The maximum atomic E-state index is 12.6. The second kappa shape index (κ2) is 7.44. The molecule has 0 aliphatic rings. The number of carboxylic acid groups (broad SMARTS) is 1. The number of halogens is 1. The van der Waals surface area contributed by atoms with Gasteiger partial charge in [-0.05, 0) is 23.8 Å². The van der Waals surface area contributed by atoms with Crippen LogP contribution in [0.15, 0.2) is 65.3 Å². The molecule has 1 atom stereocenters. The number of hydrogen-bond acceptors (Lipinski definition) is 3. The number of benzene rings is 2. The molecule has 1 amide bonds. The van der Waals surface area contributed by atoms with Gasteiger partial charge in [0.2, 0.25) is 0 Å². The first-order chi connectivity index (χ1) is 12.1. The maximum absolute atomic E-state index is 12.6. The first-order valence-electron chi connectivity index (χ1n) is 7.67. The number of carbonyl (C=O) groups is 2. The van der Waals surface area contributed by atoms with E-state index in [2.05, 4.69) is 26.2 Å². The van der Waals surface area contributed by atoms with Gasteiger partial charge in [0, 0.05) is 22.5 Å². The van der Waals surface area contributed by atoms with E-state index in [1.165, 1.54) is 0 Å². The molecule has 0 bridgehead atoms. The summed E-state index contributed by atoms with van der Waals surface area (Å²) in [5, 5.41) is 12.8. The summed E-state index contributed by atoms with van der Waals surface area (Å²) >= 11 is 3.40. The molecule has 0 saturated heterocycles. The van der Waals surface area contributed by atoms with Crippen molar-refractivity contribution in [1.82, 2.24) is 10.3 Å². The van der Waals surface area contributed by atoms with Crippen molar-refractivity contribution in [1.29, 1.82) is 0 Å². The minimum Gasteiger partial charge on any atom is -0.480 e. The fourth-order valence-electron chi connectivity index (χ4n) is 2.61. The van der Waals surface area contributed by atoms with Crippen molar-refractivity contribution < 1.29 is 14.7 Å². The van der Waals surface area contributed by atoms with Gasteiger partial charge in [-0.25, -0.2) is 4.79 Å². The minimum absolute atomic E-state index is 0.186. The van der Waals surface area contributed by atoms with Crippen LogP contribution in [0.3, 0.4) is 0 Å². The topological polar surface area (TPSA) is 79.3 Å². The summed E-state index contributed by atoms with van der Waals surface area (Å²) in [4.78, 5) is 28.5. The first kappa shape index (κ1) is 17.1. The van der Waals surface area contributed by atoms with E-state index in [9.17, 15) is 14.7 Å². The number of fused-ring (bicyclic) bond motifs is 1. The van der Waals surface area contributed by atoms with Gasteiger partial charge in [-0.15, -0.1) is 0 Å². The number of hydrogen-bond donors (Lipinski definition) is 2. The Morgan fingerprint density at radius 3 is 2.56 bits per heavy atom. The van der Waals surface area contributed by atoms with E-state index in [0.717, 1.165) is 10.0 Å². The first-order valence-corrected chi connectivity index (χ1v) is 8.46. The Labute approximate surface area is 152 Å². The van der Waals surface area contributed by atoms with Gasteiger partial charge in [0.15, 0.2) is 0 Å². The van der Waals surface area contributed by atoms with E-state index in [4.69, 9.17) is 0 Å². The smallest absolute Gasteiger partial charge is 0.326 e. The number of aromatic nitrogens is 1. The molecule has 25 heavy (non-hydrogen) atoms. The molecule has 6 heteroatoms. The average Bonchev–Trinajstić information content (AvgIpc) is 2.62. The summed E-state index contributed by atoms with van der Waals surface area (Å²) in [6, 6.07) is 15.2. The molecule has 0 radical (unpaired) electrons. The number of nitrogens with zero attached hydrogens (tertiary/aromatic N) is 1. The van der Waals surface area contributed by atoms with Crippen molar-refractivity contribution in [3.63, 3.8) is 0 Å². The van der Waals surface area contributed by atoms with Crippen LogP contribution in [-0.4, -0.2) is 28.0 Å². The Bertz CT molecular complexity index is 937. The predicted octanol–water partition coefficient (Wildman–Crippen LogP) is 3.42. The molecule has 126 valence electrons. The van der Waals surface area contributed by atoms with Crippen molar-refractivity contribution in [2.75, 3.05) is 0 Å². The standard InChI is InChI=1S/C19H15BrN2O3/c20-15-7-3-1-5-12(15)11-17(19(24)25)22-18(23)14-9-10-21-16-8-4-2-6-13(14)16/h1-10,17H,11H2,(H,22,23)(H,24,25)/t17-/m0/s1. The molecule has 1 aromatic heterocycles. The van der Waals surface area contributed by atoms with Gasteiger partial charge >= 0.3 is 5.97 Å². The minimum atomic E-state index is -1.08. The van der Waals surface area contributed by atoms with Crippen LogP contribution in [0, 0.1) is 0 Å². The molecular weight excluding hydrogens is 384 g/mol. The molecule has 3 rings (SSSR count). The van der Waals surface area contributed by atoms with Gasteiger partial charge in [-0.2, -0.15) is 0 Å². The van der Waals surface area contributed by atoms with E-state index >= 15 is 0 Å². The number of nitrogens with one attached hydrogen (secondary N) is 1. The molecule has 0 fully saturated rings. The summed E-state index contributed by atoms with van der Waals surface area (Å²) in [6.45, 7) is 0. The van der Waals surface area contributed by atoms with E-state index < -0.39 is 17.9 Å². The number of pyridine rings is 1. The largest absolute Gasteiger partial charge is 0.480 e. The highest BCUT2D eigenvalue weighted by molar-refractivity contribution is 9.10. The molecule has 0 saturated carbocycles. The molecule has 0 aliphatic carbocycles. The monoisotopic (exact) mass is 398 g/mol. The van der Waals surface area contributed by atoms with Crippen LogP contribution in [-0.2, 0) is 11.2 Å². The van der Waals surface area contributed by atoms with E-state index in [1.807, 2.05) is 42.5 Å². The van der Waals surface area contributed by atoms with Gasteiger partial charge in [0.25, 0.3) is 5.91 Å². The molecule has 1 heterocycles. The number of para-hydroxylation sites is 1. The Hall–Kier alpha value is -2.73. The van der Waals surface area contributed by atoms with Crippen LogP contribution in [0.5, 0.6) is 0 Å². The van der Waals surface area contributed by atoms with E-state index in [1.54, 1.807) is 18.3 Å². The predicted molar refractivity (Wildman–Crippen MR) is 98.5 cm³/mol. The number of rotatable bonds is 5. The number of amides is 1. The summed E-state index contributed by atoms with van der Waals surface area (Å²) in [6.07, 6.45) is 1.73. The Morgan fingerprint density at radius 2 is 1.80 bits per heavy atom. The molecule has 0 spiro atoms. The normalized spacial score (nSPS) is 11.9. The zero-order valence-corrected chi connectivity index (χ0v) is 14.7. The molecule has 0 aliphatic heterocycles. The van der Waals surface area contributed by atoms with Crippen LogP contribution >= 0.6 is 15.9 Å². The van der Waals surface area contributed by atoms with Crippen LogP contribution < -0.4 is 5.32 Å². The molecule has 2 N–H and O–H groups in total. The van der Waals surface area contributed by atoms with Crippen molar-refractivity contribution >= 4 is 38.7 Å². The van der Waals surface area contributed by atoms with Crippen molar-refractivity contribution in [2.45, 2.75) is 12.5 Å². The fraction of sp³-hybridized carbons (Fsp3) is 0.105. The lowest BCUT2D eigenvalue weighted by Gasteiger charge is -2.16. The summed E-state index contributed by atoms with van der Waals surface area (Å²) in [5.74, 6) is -1.51. The van der Waals surface area contributed by atoms with Gasteiger partial charge in [0.05, 0.1) is 11.1 Å². The third-order valence-electron chi connectivity index (χ3n) is 3.88. The number of carbonyl (C=O) groups excluding carboxylic acids is 1. The number of aliphatic carboxylic acids is 1. The Balaban J connectivity index is 1.86. The Morgan fingerprint density at radius 1 is 1.08 bits per heavy atom. The summed E-state index contributed by atoms with van der Waals surface area (Å²) < 4.78 is 0.810. The highest BCUT2D eigenvalue weighted by Crippen LogP contribution is 2.19. The quantitative estimate of drug-likeness (QED) is 0.689. The molecule has 2 aromatic carbocycles. The lowest BCUT2D eigenvalue weighted by atomic mass is 10.0. The molecule has 5 nitrogen and oxygen atoms in total. The van der Waals surface area contributed by atoms with Crippen molar-refractivity contribution in [2.24, 2.45) is 0 Å².